The Bertz CT molecular complexity index is 1090. The maximum absolute atomic E-state index is 12.4. The molecule has 156 valence electrons. The number of benzene rings is 2. The lowest BCUT2D eigenvalue weighted by atomic mass is 9.86. The van der Waals surface area contributed by atoms with E-state index in [1.807, 2.05) is 29.6 Å². The van der Waals surface area contributed by atoms with Crippen molar-refractivity contribution in [3.63, 3.8) is 0 Å². The molecular formula is C24H24ClNO3S. The molecule has 2 aromatic carbocycles. The molecule has 1 heterocycles. The topological polar surface area (TPSA) is 67.3 Å². The van der Waals surface area contributed by atoms with Gasteiger partial charge in [-0.25, -0.2) is 4.98 Å². The van der Waals surface area contributed by atoms with Gasteiger partial charge in [0.15, 0.2) is 0 Å². The van der Waals surface area contributed by atoms with Crippen molar-refractivity contribution in [1.29, 1.82) is 0 Å². The summed E-state index contributed by atoms with van der Waals surface area (Å²) >= 11 is 7.75. The first kappa shape index (κ1) is 22.2. The fourth-order valence-electron chi connectivity index (χ4n) is 3.25. The number of nitrogens with zero attached hydrogens (tertiary/aromatic N) is 1. The van der Waals surface area contributed by atoms with Crippen LogP contribution in [0.1, 0.15) is 38.4 Å². The van der Waals surface area contributed by atoms with Crippen molar-refractivity contribution in [2.24, 2.45) is 5.41 Å². The Hall–Kier alpha value is -2.50. The summed E-state index contributed by atoms with van der Waals surface area (Å²) in [7, 11) is 0. The maximum Gasteiger partial charge on any atom is 0.309 e. The van der Waals surface area contributed by atoms with Gasteiger partial charge in [0, 0.05) is 28.8 Å². The molecule has 0 radical (unpaired) electrons. The van der Waals surface area contributed by atoms with Crippen LogP contribution in [0.25, 0.3) is 21.7 Å². The van der Waals surface area contributed by atoms with Crippen LogP contribution in [-0.4, -0.2) is 21.8 Å². The molecule has 1 aromatic heterocycles. The zero-order chi connectivity index (χ0) is 21.9. The average Bonchev–Trinajstić information content (AvgIpc) is 3.15. The molecule has 0 atom stereocenters. The molecule has 6 heteroatoms. The minimum absolute atomic E-state index is 0.0226. The lowest BCUT2D eigenvalue weighted by Crippen LogP contribution is -2.27. The fraction of sp³-hybridized carbons (Fsp3) is 0.292. The number of aliphatic carboxylic acids is 1. The highest BCUT2D eigenvalue weighted by molar-refractivity contribution is 7.13. The molecule has 0 aliphatic rings. The lowest BCUT2D eigenvalue weighted by molar-refractivity contribution is -0.149. The third kappa shape index (κ3) is 5.15. The van der Waals surface area contributed by atoms with Crippen molar-refractivity contribution >= 4 is 34.7 Å². The van der Waals surface area contributed by atoms with E-state index in [0.717, 1.165) is 28.1 Å². The van der Waals surface area contributed by atoms with Gasteiger partial charge in [-0.1, -0.05) is 42.8 Å². The van der Waals surface area contributed by atoms with E-state index in [2.05, 4.69) is 30.1 Å². The first-order valence-corrected chi connectivity index (χ1v) is 11.0. The van der Waals surface area contributed by atoms with Crippen LogP contribution in [0.3, 0.4) is 0 Å². The number of thiazole rings is 1. The summed E-state index contributed by atoms with van der Waals surface area (Å²) in [5, 5.41) is 12.6. The van der Waals surface area contributed by atoms with Crippen molar-refractivity contribution < 1.29 is 14.7 Å². The molecule has 0 aliphatic carbocycles. The number of hydrogen-bond acceptors (Lipinski definition) is 4. The number of carboxylic acids is 1. The minimum Gasteiger partial charge on any atom is -0.481 e. The molecule has 3 rings (SSSR count). The molecule has 3 aromatic rings. The maximum atomic E-state index is 12.4. The minimum atomic E-state index is -1.08. The predicted octanol–water partition coefficient (Wildman–Crippen LogP) is 6.31. The van der Waals surface area contributed by atoms with Crippen molar-refractivity contribution in [3.05, 3.63) is 64.1 Å². The lowest BCUT2D eigenvalue weighted by Gasteiger charge is -2.17. The zero-order valence-corrected chi connectivity index (χ0v) is 18.8. The quantitative estimate of drug-likeness (QED) is 0.445. The van der Waals surface area contributed by atoms with Gasteiger partial charge in [0.05, 0.1) is 11.1 Å². The summed E-state index contributed by atoms with van der Waals surface area (Å²) in [5.74, 6) is -1.11. The van der Waals surface area contributed by atoms with Gasteiger partial charge in [-0.2, -0.15) is 0 Å². The smallest absolute Gasteiger partial charge is 0.309 e. The van der Waals surface area contributed by atoms with Gasteiger partial charge < -0.3 is 5.11 Å². The second kappa shape index (κ2) is 9.11. The second-order valence-electron chi connectivity index (χ2n) is 7.97. The Balaban J connectivity index is 1.88. The van der Waals surface area contributed by atoms with Crippen LogP contribution < -0.4 is 0 Å². The van der Waals surface area contributed by atoms with E-state index in [-0.39, 0.29) is 18.6 Å². The molecule has 0 saturated heterocycles. The van der Waals surface area contributed by atoms with Gasteiger partial charge in [0.25, 0.3) is 0 Å². The number of ketones is 1. The monoisotopic (exact) mass is 441 g/mol. The number of carbonyl (C=O) groups is 2. The van der Waals surface area contributed by atoms with Gasteiger partial charge in [0.2, 0.25) is 0 Å². The summed E-state index contributed by atoms with van der Waals surface area (Å²) in [5.41, 5.74) is 3.85. The second-order valence-corrected chi connectivity index (χ2v) is 9.26. The highest BCUT2D eigenvalue weighted by Crippen LogP contribution is 2.36. The fourth-order valence-corrected chi connectivity index (χ4v) is 4.28. The third-order valence-electron chi connectivity index (χ3n) is 5.01. The number of carbonyl (C=O) groups excluding carboxylic acids is 1. The van der Waals surface area contributed by atoms with Gasteiger partial charge >= 0.3 is 5.97 Å². The summed E-state index contributed by atoms with van der Waals surface area (Å²) in [6.45, 7) is 5.24. The summed E-state index contributed by atoms with van der Waals surface area (Å²) in [4.78, 5) is 28.3. The van der Waals surface area contributed by atoms with Gasteiger partial charge in [-0.05, 0) is 55.2 Å². The van der Waals surface area contributed by atoms with Gasteiger partial charge in [-0.15, -0.1) is 11.3 Å². The summed E-state index contributed by atoms with van der Waals surface area (Å²) < 4.78 is 0. The molecule has 0 bridgehead atoms. The van der Waals surface area contributed by atoms with E-state index < -0.39 is 11.4 Å². The van der Waals surface area contributed by atoms with E-state index in [0.29, 0.717) is 10.7 Å². The normalized spacial score (nSPS) is 11.5. The average molecular weight is 442 g/mol. The predicted molar refractivity (Wildman–Crippen MR) is 122 cm³/mol. The van der Waals surface area contributed by atoms with Gasteiger partial charge in [-0.3, -0.25) is 9.59 Å². The largest absolute Gasteiger partial charge is 0.481 e. The van der Waals surface area contributed by atoms with Crippen LogP contribution in [0.4, 0.5) is 0 Å². The molecule has 0 aliphatic heterocycles. The highest BCUT2D eigenvalue weighted by Gasteiger charge is 2.30. The Morgan fingerprint density at radius 3 is 2.60 bits per heavy atom. The molecular weight excluding hydrogens is 418 g/mol. The number of aryl methyl sites for hydroxylation is 1. The van der Waals surface area contributed by atoms with Crippen LogP contribution in [0.5, 0.6) is 0 Å². The Morgan fingerprint density at radius 2 is 1.90 bits per heavy atom. The first-order valence-electron chi connectivity index (χ1n) is 9.78. The SMILES string of the molecule is CCc1cccc(-c2cc(Cl)ccc2-c2nc(CC(=O)CC(C)(C)C(=O)O)cs2)c1. The van der Waals surface area contributed by atoms with E-state index in [1.165, 1.54) is 16.9 Å². The Morgan fingerprint density at radius 1 is 1.13 bits per heavy atom. The number of carboxylic acid groups (broad SMARTS) is 1. The van der Waals surface area contributed by atoms with Crippen LogP contribution in [0.15, 0.2) is 47.8 Å². The molecule has 1 N–H and O–H groups in total. The standard InChI is InChI=1S/C24H24ClNO3S/c1-4-15-6-5-7-16(10-15)21-11-17(25)8-9-20(21)22-26-18(14-30-22)12-19(27)13-24(2,3)23(28)29/h5-11,14H,4,12-13H2,1-3H3,(H,28,29). The molecule has 0 amide bonds. The molecule has 0 saturated carbocycles. The van der Waals surface area contributed by atoms with E-state index >= 15 is 0 Å². The molecule has 0 spiro atoms. The number of halogens is 1. The Labute approximate surface area is 185 Å². The van der Waals surface area contributed by atoms with Crippen molar-refractivity contribution in [2.45, 2.75) is 40.0 Å². The first-order chi connectivity index (χ1) is 14.2. The highest BCUT2D eigenvalue weighted by atomic mass is 35.5. The van der Waals surface area contributed by atoms with Crippen LogP contribution in [-0.2, 0) is 22.4 Å². The van der Waals surface area contributed by atoms with Crippen LogP contribution in [0, 0.1) is 5.41 Å². The Kier molecular flexibility index (Phi) is 6.74. The molecule has 0 unspecified atom stereocenters. The number of aromatic nitrogens is 1. The summed E-state index contributed by atoms with van der Waals surface area (Å²) in [6.07, 6.45) is 1.05. The summed E-state index contributed by atoms with van der Waals surface area (Å²) in [6, 6.07) is 14.1. The van der Waals surface area contributed by atoms with Gasteiger partial charge in [0.1, 0.15) is 10.8 Å². The number of hydrogen-bond donors (Lipinski definition) is 1. The zero-order valence-electron chi connectivity index (χ0n) is 17.2. The molecule has 4 nitrogen and oxygen atoms in total. The van der Waals surface area contributed by atoms with Crippen molar-refractivity contribution in [3.8, 4) is 21.7 Å². The van der Waals surface area contributed by atoms with Crippen molar-refractivity contribution in [1.82, 2.24) is 4.98 Å². The molecule has 0 fully saturated rings. The van der Waals surface area contributed by atoms with E-state index in [9.17, 15) is 14.7 Å². The number of rotatable bonds is 8. The van der Waals surface area contributed by atoms with Crippen LogP contribution >= 0.6 is 22.9 Å². The molecule has 30 heavy (non-hydrogen) atoms. The third-order valence-corrected chi connectivity index (χ3v) is 6.17. The van der Waals surface area contributed by atoms with E-state index in [4.69, 9.17) is 11.6 Å². The van der Waals surface area contributed by atoms with E-state index in [1.54, 1.807) is 13.8 Å². The van der Waals surface area contributed by atoms with Crippen LogP contribution in [0.2, 0.25) is 5.02 Å². The van der Waals surface area contributed by atoms with Crippen molar-refractivity contribution in [2.75, 3.05) is 0 Å². The number of Topliss-reactive ketones (excluding diaryl/α,β-unsaturated/α-hetero) is 1.